The zero-order valence-electron chi connectivity index (χ0n) is 18.6. The summed E-state index contributed by atoms with van der Waals surface area (Å²) in [5, 5.41) is 5.04. The topological polar surface area (TPSA) is 72.8 Å². The van der Waals surface area contributed by atoms with Gasteiger partial charge in [0.2, 0.25) is 5.91 Å². The number of para-hydroxylation sites is 1. The molecular weight excluding hydrogens is 418 g/mol. The third kappa shape index (κ3) is 3.86. The number of anilines is 2. The molecule has 2 amide bonds. The van der Waals surface area contributed by atoms with Crippen LogP contribution in [-0.2, 0) is 16.1 Å². The number of nitrogens with one attached hydrogen (secondary N) is 1. The Morgan fingerprint density at radius 3 is 2.67 bits per heavy atom. The van der Waals surface area contributed by atoms with Gasteiger partial charge in [-0.1, -0.05) is 24.3 Å². The Hall–Kier alpha value is -4.00. The minimum absolute atomic E-state index is 0.0881. The van der Waals surface area contributed by atoms with Crippen LogP contribution in [0.25, 0.3) is 21.8 Å². The van der Waals surface area contributed by atoms with Crippen molar-refractivity contribution in [1.82, 2.24) is 4.57 Å². The zero-order valence-corrected chi connectivity index (χ0v) is 18.6. The Kier molecular flexibility index (Phi) is 5.38. The van der Waals surface area contributed by atoms with Gasteiger partial charge in [0, 0.05) is 45.8 Å². The predicted molar refractivity (Wildman–Crippen MR) is 129 cm³/mol. The van der Waals surface area contributed by atoms with Crippen LogP contribution in [0, 0.1) is 0 Å². The van der Waals surface area contributed by atoms with Crippen molar-refractivity contribution in [2.24, 2.45) is 0 Å². The van der Waals surface area contributed by atoms with Crippen LogP contribution in [0.15, 0.2) is 66.7 Å². The maximum absolute atomic E-state index is 12.6. The van der Waals surface area contributed by atoms with Gasteiger partial charge in [-0.25, -0.2) is 4.79 Å². The van der Waals surface area contributed by atoms with Gasteiger partial charge in [0.15, 0.2) is 0 Å². The number of carbonyl (C=O) groups excluding carboxylic acids is 2. The second-order valence-electron chi connectivity index (χ2n) is 8.06. The summed E-state index contributed by atoms with van der Waals surface area (Å²) in [6.07, 6.45) is -0.943. The summed E-state index contributed by atoms with van der Waals surface area (Å²) in [5.74, 6) is 0.581. The lowest BCUT2D eigenvalue weighted by Crippen LogP contribution is -2.28. The Labute approximate surface area is 191 Å². The molecular formula is C26H25N3O4. The first-order valence-corrected chi connectivity index (χ1v) is 11.0. The lowest BCUT2D eigenvalue weighted by Gasteiger charge is -2.17. The van der Waals surface area contributed by atoms with Gasteiger partial charge < -0.3 is 18.9 Å². The highest BCUT2D eigenvalue weighted by atomic mass is 16.6. The average Bonchev–Trinajstić information content (AvgIpc) is 3.35. The molecule has 4 aromatic rings. The van der Waals surface area contributed by atoms with Crippen molar-refractivity contribution in [2.75, 3.05) is 23.9 Å². The fourth-order valence-corrected chi connectivity index (χ4v) is 4.55. The number of carbonyl (C=O) groups is 2. The van der Waals surface area contributed by atoms with E-state index in [9.17, 15) is 9.59 Å². The number of amides is 2. The average molecular weight is 444 g/mol. The number of rotatable bonds is 5. The summed E-state index contributed by atoms with van der Waals surface area (Å²) in [5.41, 5.74) is 3.66. The van der Waals surface area contributed by atoms with E-state index >= 15 is 0 Å². The standard InChI is InChI=1S/C26H25N3O4/c1-3-28-23-10-5-4-9-21(23)22-13-17(11-12-24(22)28)27-26(31)33-20-15-25(30)29(16-20)18-7-6-8-19(14-18)32-2/h4-14,20H,3,15-16H2,1-2H3,(H,27,31). The van der Waals surface area contributed by atoms with Gasteiger partial charge in [-0.3, -0.25) is 10.1 Å². The Bertz CT molecular complexity index is 1360. The van der Waals surface area contributed by atoms with E-state index in [2.05, 4.69) is 28.9 Å². The number of benzene rings is 3. The molecule has 7 heteroatoms. The number of ether oxygens (including phenoxy) is 2. The van der Waals surface area contributed by atoms with E-state index in [1.54, 1.807) is 18.1 Å². The molecule has 1 saturated heterocycles. The first-order valence-electron chi connectivity index (χ1n) is 11.0. The van der Waals surface area contributed by atoms with Crippen LogP contribution in [0.5, 0.6) is 5.75 Å². The third-order valence-electron chi connectivity index (χ3n) is 6.06. The zero-order chi connectivity index (χ0) is 22.9. The van der Waals surface area contributed by atoms with Crippen LogP contribution >= 0.6 is 0 Å². The smallest absolute Gasteiger partial charge is 0.411 e. The molecule has 0 radical (unpaired) electrons. The van der Waals surface area contributed by atoms with Crippen LogP contribution in [0.4, 0.5) is 16.2 Å². The van der Waals surface area contributed by atoms with Crippen molar-refractivity contribution in [3.05, 3.63) is 66.7 Å². The van der Waals surface area contributed by atoms with Gasteiger partial charge in [0.1, 0.15) is 11.9 Å². The molecule has 1 aliphatic heterocycles. The summed E-state index contributed by atoms with van der Waals surface area (Å²) >= 11 is 0. The summed E-state index contributed by atoms with van der Waals surface area (Å²) in [7, 11) is 1.58. The van der Waals surface area contributed by atoms with E-state index in [0.717, 1.165) is 34.0 Å². The summed E-state index contributed by atoms with van der Waals surface area (Å²) in [6, 6.07) is 21.4. The van der Waals surface area contributed by atoms with Crippen LogP contribution in [0.1, 0.15) is 13.3 Å². The molecule has 1 atom stereocenters. The molecule has 7 nitrogen and oxygen atoms in total. The minimum atomic E-state index is -0.570. The Morgan fingerprint density at radius 1 is 1.03 bits per heavy atom. The molecule has 168 valence electrons. The van der Waals surface area contributed by atoms with E-state index in [1.165, 1.54) is 0 Å². The number of hydrogen-bond acceptors (Lipinski definition) is 4. The van der Waals surface area contributed by atoms with Crippen molar-refractivity contribution in [3.63, 3.8) is 0 Å². The molecule has 0 spiro atoms. The first-order chi connectivity index (χ1) is 16.1. The Balaban J connectivity index is 1.30. The largest absolute Gasteiger partial charge is 0.497 e. The number of methoxy groups -OCH3 is 1. The van der Waals surface area contributed by atoms with E-state index in [-0.39, 0.29) is 12.3 Å². The monoisotopic (exact) mass is 443 g/mol. The second kappa shape index (κ2) is 8.50. The van der Waals surface area contributed by atoms with Crippen molar-refractivity contribution in [1.29, 1.82) is 0 Å². The molecule has 1 unspecified atom stereocenters. The molecule has 1 aliphatic rings. The maximum atomic E-state index is 12.6. The molecule has 2 heterocycles. The quantitative estimate of drug-likeness (QED) is 0.461. The van der Waals surface area contributed by atoms with Crippen molar-refractivity contribution in [2.45, 2.75) is 26.0 Å². The van der Waals surface area contributed by atoms with Crippen molar-refractivity contribution >= 4 is 45.2 Å². The van der Waals surface area contributed by atoms with E-state index in [1.807, 2.05) is 48.5 Å². The molecule has 1 aromatic heterocycles. The van der Waals surface area contributed by atoms with Crippen molar-refractivity contribution in [3.8, 4) is 5.75 Å². The molecule has 0 aliphatic carbocycles. The summed E-state index contributed by atoms with van der Waals surface area (Å²) in [6.45, 7) is 3.29. The van der Waals surface area contributed by atoms with E-state index < -0.39 is 12.2 Å². The molecule has 0 saturated carbocycles. The second-order valence-corrected chi connectivity index (χ2v) is 8.06. The summed E-state index contributed by atoms with van der Waals surface area (Å²) in [4.78, 5) is 26.7. The fraction of sp³-hybridized carbons (Fsp3) is 0.231. The van der Waals surface area contributed by atoms with Crippen LogP contribution in [-0.4, -0.2) is 36.3 Å². The first kappa shape index (κ1) is 20.9. The molecule has 1 fully saturated rings. The van der Waals surface area contributed by atoms with Gasteiger partial charge >= 0.3 is 6.09 Å². The molecule has 5 rings (SSSR count). The van der Waals surface area contributed by atoms with Gasteiger partial charge in [-0.2, -0.15) is 0 Å². The predicted octanol–water partition coefficient (Wildman–Crippen LogP) is 5.18. The normalized spacial score (nSPS) is 15.9. The molecule has 0 bridgehead atoms. The third-order valence-corrected chi connectivity index (χ3v) is 6.06. The highest BCUT2D eigenvalue weighted by Crippen LogP contribution is 2.31. The van der Waals surface area contributed by atoms with Crippen LogP contribution in [0.2, 0.25) is 0 Å². The number of nitrogens with zero attached hydrogens (tertiary/aromatic N) is 2. The minimum Gasteiger partial charge on any atom is -0.497 e. The van der Waals surface area contributed by atoms with Gasteiger partial charge in [0.25, 0.3) is 0 Å². The number of fused-ring (bicyclic) bond motifs is 3. The molecule has 3 aromatic carbocycles. The maximum Gasteiger partial charge on any atom is 0.411 e. The van der Waals surface area contributed by atoms with Crippen LogP contribution < -0.4 is 15.0 Å². The number of hydrogen-bond donors (Lipinski definition) is 1. The summed E-state index contributed by atoms with van der Waals surface area (Å²) < 4.78 is 13.1. The SMILES string of the molecule is CCn1c2ccccc2c2cc(NC(=O)OC3CC(=O)N(c4cccc(OC)c4)C3)ccc21. The molecule has 33 heavy (non-hydrogen) atoms. The number of aromatic nitrogens is 1. The number of aryl methyl sites for hydroxylation is 1. The van der Waals surface area contributed by atoms with Gasteiger partial charge in [0.05, 0.1) is 20.1 Å². The lowest BCUT2D eigenvalue weighted by atomic mass is 10.1. The van der Waals surface area contributed by atoms with E-state index in [4.69, 9.17) is 9.47 Å². The van der Waals surface area contributed by atoms with E-state index in [0.29, 0.717) is 18.0 Å². The fourth-order valence-electron chi connectivity index (χ4n) is 4.55. The van der Waals surface area contributed by atoms with Gasteiger partial charge in [-0.05, 0) is 43.3 Å². The van der Waals surface area contributed by atoms with Gasteiger partial charge in [-0.15, -0.1) is 0 Å². The lowest BCUT2D eigenvalue weighted by molar-refractivity contribution is -0.117. The Morgan fingerprint density at radius 2 is 1.85 bits per heavy atom. The highest BCUT2D eigenvalue weighted by Gasteiger charge is 2.33. The van der Waals surface area contributed by atoms with Crippen LogP contribution in [0.3, 0.4) is 0 Å². The molecule has 1 N–H and O–H groups in total. The van der Waals surface area contributed by atoms with Crippen molar-refractivity contribution < 1.29 is 19.1 Å². The highest BCUT2D eigenvalue weighted by molar-refractivity contribution is 6.09.